The Hall–Kier alpha value is -4.38. The number of aromatic amines is 1. The van der Waals surface area contributed by atoms with Crippen LogP contribution in [0.25, 0.3) is 32.4 Å². The van der Waals surface area contributed by atoms with Crippen LogP contribution in [0.1, 0.15) is 27.8 Å². The van der Waals surface area contributed by atoms with Crippen molar-refractivity contribution in [3.05, 3.63) is 107 Å². The molecule has 6 aromatic rings. The molecule has 35 heavy (non-hydrogen) atoms. The summed E-state index contributed by atoms with van der Waals surface area (Å²) in [7, 11) is 0. The molecule has 5 heteroatoms. The summed E-state index contributed by atoms with van der Waals surface area (Å²) >= 11 is 0. The summed E-state index contributed by atoms with van der Waals surface area (Å²) in [5, 5.41) is 9.44. The van der Waals surface area contributed by atoms with Gasteiger partial charge in [0.2, 0.25) is 0 Å². The number of benzene rings is 3. The van der Waals surface area contributed by atoms with E-state index in [1.54, 1.807) is 6.20 Å². The first kappa shape index (κ1) is 21.2. The minimum Gasteiger partial charge on any atom is -0.383 e. The summed E-state index contributed by atoms with van der Waals surface area (Å²) in [6.07, 6.45) is 6.65. The highest BCUT2D eigenvalue weighted by molar-refractivity contribution is 5.94. The lowest BCUT2D eigenvalue weighted by molar-refractivity contribution is 1.08. The molecule has 0 aliphatic carbocycles. The van der Waals surface area contributed by atoms with E-state index in [0.717, 1.165) is 28.5 Å². The Labute approximate surface area is 204 Å². The summed E-state index contributed by atoms with van der Waals surface area (Å²) in [6.45, 7) is 4.97. The molecule has 0 unspecified atom stereocenters. The Balaban J connectivity index is 1.28. The average Bonchev–Trinajstić information content (AvgIpc) is 3.26. The molecule has 0 saturated heterocycles. The first-order valence-corrected chi connectivity index (χ1v) is 11.9. The van der Waals surface area contributed by atoms with Gasteiger partial charge in [-0.2, -0.15) is 0 Å². The Morgan fingerprint density at radius 1 is 0.886 bits per heavy atom. The number of hydrogen-bond donors (Lipinski definition) is 3. The van der Waals surface area contributed by atoms with E-state index < -0.39 is 0 Å². The topological polar surface area (TPSA) is 79.6 Å². The number of pyridine rings is 2. The number of nitrogens with zero attached hydrogens (tertiary/aromatic N) is 2. The van der Waals surface area contributed by atoms with Crippen LogP contribution in [-0.2, 0) is 13.0 Å². The summed E-state index contributed by atoms with van der Waals surface area (Å²) in [5.74, 6) is 1.44. The van der Waals surface area contributed by atoms with Crippen LogP contribution in [-0.4, -0.2) is 15.0 Å². The van der Waals surface area contributed by atoms with Crippen LogP contribution in [0.15, 0.2) is 79.3 Å². The largest absolute Gasteiger partial charge is 0.383 e. The number of nitrogen functional groups attached to an aromatic ring is 1. The van der Waals surface area contributed by atoms with Crippen LogP contribution < -0.4 is 11.1 Å². The normalized spacial score (nSPS) is 11.5. The highest BCUT2D eigenvalue weighted by atomic mass is 15.0. The third-order valence-corrected chi connectivity index (χ3v) is 7.02. The number of H-pyrrole nitrogens is 1. The van der Waals surface area contributed by atoms with Crippen molar-refractivity contribution in [2.24, 2.45) is 0 Å². The molecule has 0 atom stereocenters. The number of aromatic nitrogens is 3. The second-order valence-electron chi connectivity index (χ2n) is 9.23. The molecule has 172 valence electrons. The zero-order chi connectivity index (χ0) is 23.9. The molecule has 3 aromatic heterocycles. The van der Waals surface area contributed by atoms with Gasteiger partial charge in [-0.15, -0.1) is 0 Å². The number of fused-ring (bicyclic) bond motifs is 3. The van der Waals surface area contributed by atoms with Crippen molar-refractivity contribution in [2.75, 3.05) is 11.1 Å². The molecule has 0 aliphatic heterocycles. The second kappa shape index (κ2) is 8.44. The number of nitrogens with two attached hydrogens (primary N) is 1. The molecule has 0 saturated carbocycles. The van der Waals surface area contributed by atoms with Crippen LogP contribution in [0, 0.1) is 13.8 Å². The van der Waals surface area contributed by atoms with Gasteiger partial charge >= 0.3 is 0 Å². The molecule has 0 fully saturated rings. The van der Waals surface area contributed by atoms with Crippen molar-refractivity contribution in [1.82, 2.24) is 15.0 Å². The van der Waals surface area contributed by atoms with E-state index in [4.69, 9.17) is 5.73 Å². The van der Waals surface area contributed by atoms with Crippen LogP contribution in [0.5, 0.6) is 0 Å². The molecule has 0 radical (unpaired) electrons. The van der Waals surface area contributed by atoms with E-state index >= 15 is 0 Å². The number of hydrogen-bond acceptors (Lipinski definition) is 4. The maximum Gasteiger partial charge on any atom is 0.131 e. The van der Waals surface area contributed by atoms with Gasteiger partial charge in [0, 0.05) is 29.7 Å². The Morgan fingerprint density at radius 3 is 2.63 bits per heavy atom. The molecular formula is C30H27N5. The van der Waals surface area contributed by atoms with Gasteiger partial charge in [-0.25, -0.2) is 9.97 Å². The quantitative estimate of drug-likeness (QED) is 0.270. The fourth-order valence-electron chi connectivity index (χ4n) is 5.07. The van der Waals surface area contributed by atoms with Crippen molar-refractivity contribution in [3.63, 3.8) is 0 Å². The van der Waals surface area contributed by atoms with Gasteiger partial charge in [-0.3, -0.25) is 0 Å². The van der Waals surface area contributed by atoms with E-state index in [-0.39, 0.29) is 0 Å². The lowest BCUT2D eigenvalue weighted by Gasteiger charge is -2.15. The predicted molar refractivity (Wildman–Crippen MR) is 146 cm³/mol. The summed E-state index contributed by atoms with van der Waals surface area (Å²) in [6, 6.07) is 21.5. The zero-order valence-electron chi connectivity index (χ0n) is 19.9. The summed E-state index contributed by atoms with van der Waals surface area (Å²) < 4.78 is 0. The number of aryl methyl sites for hydroxylation is 2. The molecule has 0 aliphatic rings. The molecule has 3 aromatic carbocycles. The monoisotopic (exact) mass is 457 g/mol. The fourth-order valence-corrected chi connectivity index (χ4v) is 5.07. The third kappa shape index (κ3) is 3.85. The summed E-state index contributed by atoms with van der Waals surface area (Å²) in [5.41, 5.74) is 13.4. The molecule has 0 amide bonds. The van der Waals surface area contributed by atoms with Crippen LogP contribution in [0.4, 0.5) is 11.6 Å². The molecule has 0 bridgehead atoms. The highest BCUT2D eigenvalue weighted by Crippen LogP contribution is 2.29. The number of anilines is 2. The lowest BCUT2D eigenvalue weighted by atomic mass is 9.96. The van der Waals surface area contributed by atoms with Gasteiger partial charge in [0.25, 0.3) is 0 Å². The molecule has 6 rings (SSSR count). The molecule has 0 spiro atoms. The molecule has 5 nitrogen and oxygen atoms in total. The van der Waals surface area contributed by atoms with Crippen molar-refractivity contribution in [2.45, 2.75) is 26.8 Å². The first-order chi connectivity index (χ1) is 17.1. The van der Waals surface area contributed by atoms with Crippen molar-refractivity contribution < 1.29 is 0 Å². The van der Waals surface area contributed by atoms with E-state index in [0.29, 0.717) is 12.4 Å². The maximum atomic E-state index is 6.11. The van der Waals surface area contributed by atoms with E-state index in [1.807, 2.05) is 12.3 Å². The van der Waals surface area contributed by atoms with Crippen LogP contribution >= 0.6 is 0 Å². The average molecular weight is 458 g/mol. The molecule has 4 N–H and O–H groups in total. The van der Waals surface area contributed by atoms with Gasteiger partial charge in [0.1, 0.15) is 11.6 Å². The minimum absolute atomic E-state index is 0.576. The Bertz CT molecular complexity index is 1710. The Morgan fingerprint density at radius 2 is 1.74 bits per heavy atom. The zero-order valence-corrected chi connectivity index (χ0v) is 19.9. The first-order valence-electron chi connectivity index (χ1n) is 11.9. The van der Waals surface area contributed by atoms with Crippen molar-refractivity contribution in [1.29, 1.82) is 0 Å². The summed E-state index contributed by atoms with van der Waals surface area (Å²) in [4.78, 5) is 12.3. The smallest absolute Gasteiger partial charge is 0.131 e. The van der Waals surface area contributed by atoms with Crippen LogP contribution in [0.2, 0.25) is 0 Å². The fraction of sp³-hybridized carbons (Fsp3) is 0.133. The third-order valence-electron chi connectivity index (χ3n) is 7.02. The number of rotatable bonds is 5. The standard InChI is InChI=1S/C30H27N5/c1-18-11-26-24(9-10-32-30(26)31)19(2)27(18)16-34-29-14-25-23(15-33-28(25)17-35-29)13-20-7-8-21-5-3-4-6-22(21)12-20/h3-12,14-15,17,33H,13,16H2,1-2H3,(H2,31,32)(H,34,35). The highest BCUT2D eigenvalue weighted by Gasteiger charge is 2.12. The predicted octanol–water partition coefficient (Wildman–Crippen LogP) is 6.67. The van der Waals surface area contributed by atoms with Crippen molar-refractivity contribution in [3.8, 4) is 0 Å². The van der Waals surface area contributed by atoms with E-state index in [1.165, 1.54) is 44.0 Å². The number of nitrogens with one attached hydrogen (secondary N) is 2. The van der Waals surface area contributed by atoms with Gasteiger partial charge in [-0.1, -0.05) is 42.5 Å². The van der Waals surface area contributed by atoms with Gasteiger partial charge in [-0.05, 0) is 82.4 Å². The van der Waals surface area contributed by atoms with E-state index in [9.17, 15) is 0 Å². The van der Waals surface area contributed by atoms with E-state index in [2.05, 4.69) is 94.9 Å². The van der Waals surface area contributed by atoms with Gasteiger partial charge in [0.15, 0.2) is 0 Å². The van der Waals surface area contributed by atoms with Crippen molar-refractivity contribution >= 4 is 44.1 Å². The van der Waals surface area contributed by atoms with Gasteiger partial charge < -0.3 is 16.0 Å². The van der Waals surface area contributed by atoms with Gasteiger partial charge in [0.05, 0.1) is 11.7 Å². The minimum atomic E-state index is 0.576. The lowest BCUT2D eigenvalue weighted by Crippen LogP contribution is -2.06. The molecule has 3 heterocycles. The second-order valence-corrected chi connectivity index (χ2v) is 9.23. The van der Waals surface area contributed by atoms with Crippen LogP contribution in [0.3, 0.4) is 0 Å². The molecular weight excluding hydrogens is 430 g/mol. The maximum absolute atomic E-state index is 6.11. The SMILES string of the molecule is Cc1cc2c(N)nccc2c(C)c1CNc1cc2c(Cc3ccc4ccccc4c3)c[nH]c2cn1. The Kier molecular flexibility index (Phi) is 5.10.